The second-order valence-corrected chi connectivity index (χ2v) is 7.81. The third-order valence-electron chi connectivity index (χ3n) is 3.29. The topological polar surface area (TPSA) is 63.6 Å². The molecule has 0 radical (unpaired) electrons. The van der Waals surface area contributed by atoms with Gasteiger partial charge in [0.15, 0.2) is 4.34 Å². The van der Waals surface area contributed by atoms with E-state index in [0.717, 1.165) is 35.8 Å². The summed E-state index contributed by atoms with van der Waals surface area (Å²) in [5.74, 6) is -0.252. The zero-order valence-electron chi connectivity index (χ0n) is 12.4. The normalized spacial score (nSPS) is 11.1. The molecule has 3 aromatic heterocycles. The van der Waals surface area contributed by atoms with Gasteiger partial charge in [-0.25, -0.2) is 14.4 Å². The molecule has 0 aliphatic heterocycles. The average molecular weight is 375 g/mol. The first kappa shape index (κ1) is 15.4. The molecular formula is C15H10FN5S3. The Hall–Kier alpha value is -2.10. The first-order chi connectivity index (χ1) is 11.7. The van der Waals surface area contributed by atoms with Crippen LogP contribution in [0.25, 0.3) is 21.3 Å². The minimum absolute atomic E-state index is 0.252. The fourth-order valence-electron chi connectivity index (χ4n) is 2.20. The van der Waals surface area contributed by atoms with E-state index in [9.17, 15) is 4.39 Å². The van der Waals surface area contributed by atoms with Crippen molar-refractivity contribution in [1.29, 1.82) is 0 Å². The molecule has 0 spiro atoms. The number of aromatic nitrogens is 4. The fourth-order valence-corrected chi connectivity index (χ4v) is 4.91. The van der Waals surface area contributed by atoms with Crippen LogP contribution in [-0.2, 0) is 0 Å². The van der Waals surface area contributed by atoms with Crippen LogP contribution in [0.3, 0.4) is 0 Å². The van der Waals surface area contributed by atoms with Crippen molar-refractivity contribution >= 4 is 49.8 Å². The zero-order chi connectivity index (χ0) is 16.5. The van der Waals surface area contributed by atoms with Crippen LogP contribution in [0.4, 0.5) is 9.52 Å². The highest BCUT2D eigenvalue weighted by atomic mass is 32.2. The van der Waals surface area contributed by atoms with Crippen molar-refractivity contribution in [3.63, 3.8) is 0 Å². The van der Waals surface area contributed by atoms with Gasteiger partial charge in [-0.1, -0.05) is 23.5 Å². The van der Waals surface area contributed by atoms with Crippen molar-refractivity contribution < 1.29 is 4.39 Å². The molecule has 0 amide bonds. The van der Waals surface area contributed by atoms with Crippen LogP contribution < -0.4 is 5.32 Å². The summed E-state index contributed by atoms with van der Waals surface area (Å²) in [6, 6.07) is 6.45. The predicted molar refractivity (Wildman–Crippen MR) is 96.4 cm³/mol. The number of thiophene rings is 1. The monoisotopic (exact) mass is 375 g/mol. The lowest BCUT2D eigenvalue weighted by Gasteiger charge is -2.03. The molecule has 1 aromatic carbocycles. The van der Waals surface area contributed by atoms with E-state index in [1.807, 2.05) is 12.4 Å². The van der Waals surface area contributed by atoms with Gasteiger partial charge in [-0.2, -0.15) is 0 Å². The summed E-state index contributed by atoms with van der Waals surface area (Å²) >= 11 is 4.47. The fraction of sp³-hybridized carbons (Fsp3) is 0.0667. The van der Waals surface area contributed by atoms with Crippen LogP contribution in [-0.4, -0.2) is 27.2 Å². The number of rotatable bonds is 4. The summed E-state index contributed by atoms with van der Waals surface area (Å²) in [6.45, 7) is 0. The van der Waals surface area contributed by atoms with Gasteiger partial charge in [-0.15, -0.1) is 21.5 Å². The van der Waals surface area contributed by atoms with Gasteiger partial charge in [-0.05, 0) is 29.5 Å². The number of fused-ring (bicyclic) bond motifs is 1. The van der Waals surface area contributed by atoms with E-state index in [2.05, 4.69) is 25.5 Å². The van der Waals surface area contributed by atoms with Gasteiger partial charge in [0.1, 0.15) is 22.0 Å². The number of hydrogen-bond acceptors (Lipinski definition) is 8. The highest BCUT2D eigenvalue weighted by Crippen LogP contribution is 2.40. The molecule has 0 saturated carbocycles. The Morgan fingerprint density at radius 2 is 1.96 bits per heavy atom. The van der Waals surface area contributed by atoms with Crippen LogP contribution in [0.15, 0.2) is 45.3 Å². The molecule has 0 aliphatic carbocycles. The van der Waals surface area contributed by atoms with E-state index in [0.29, 0.717) is 0 Å². The molecular weight excluding hydrogens is 365 g/mol. The summed E-state index contributed by atoms with van der Waals surface area (Å²) in [7, 11) is 1.81. The summed E-state index contributed by atoms with van der Waals surface area (Å²) in [6.07, 6.45) is 1.55. The van der Waals surface area contributed by atoms with Gasteiger partial charge in [-0.3, -0.25) is 0 Å². The quantitative estimate of drug-likeness (QED) is 0.528. The Labute approximate surface area is 149 Å². The first-order valence-corrected chi connectivity index (χ1v) is 9.43. The molecule has 24 heavy (non-hydrogen) atoms. The van der Waals surface area contributed by atoms with E-state index in [-0.39, 0.29) is 5.82 Å². The van der Waals surface area contributed by atoms with Gasteiger partial charge in [0, 0.05) is 18.0 Å². The van der Waals surface area contributed by atoms with Crippen LogP contribution in [0, 0.1) is 5.82 Å². The number of nitrogens with zero attached hydrogens (tertiary/aromatic N) is 4. The Morgan fingerprint density at radius 1 is 1.12 bits per heavy atom. The molecule has 0 saturated heterocycles. The molecule has 4 aromatic rings. The van der Waals surface area contributed by atoms with Crippen LogP contribution in [0.1, 0.15) is 0 Å². The van der Waals surface area contributed by atoms with Crippen LogP contribution in [0.2, 0.25) is 0 Å². The minimum atomic E-state index is -0.252. The maximum atomic E-state index is 13.2. The van der Waals surface area contributed by atoms with Gasteiger partial charge in [0.05, 0.1) is 5.39 Å². The maximum absolute atomic E-state index is 13.2. The smallest absolute Gasteiger partial charge is 0.206 e. The van der Waals surface area contributed by atoms with Gasteiger partial charge < -0.3 is 5.32 Å². The summed E-state index contributed by atoms with van der Waals surface area (Å²) < 4.78 is 14.0. The minimum Gasteiger partial charge on any atom is -0.363 e. The number of hydrogen-bond donors (Lipinski definition) is 1. The maximum Gasteiger partial charge on any atom is 0.206 e. The van der Waals surface area contributed by atoms with Crippen molar-refractivity contribution in [3.8, 4) is 11.1 Å². The molecule has 1 N–H and O–H groups in total. The van der Waals surface area contributed by atoms with Crippen molar-refractivity contribution in [2.45, 2.75) is 9.37 Å². The van der Waals surface area contributed by atoms with E-state index in [1.54, 1.807) is 29.8 Å². The van der Waals surface area contributed by atoms with E-state index >= 15 is 0 Å². The lowest BCUT2D eigenvalue weighted by Crippen LogP contribution is -1.86. The molecule has 5 nitrogen and oxygen atoms in total. The summed E-state index contributed by atoms with van der Waals surface area (Å²) in [5.41, 5.74) is 1.93. The number of benzene rings is 1. The first-order valence-electron chi connectivity index (χ1n) is 6.92. The second-order valence-electron chi connectivity index (χ2n) is 4.74. The van der Waals surface area contributed by atoms with Gasteiger partial charge in [0.25, 0.3) is 0 Å². The SMILES string of the molecule is CNc1nnc(Sc2ncnc3scc(-c4ccc(F)cc4)c23)s1. The molecule has 3 heterocycles. The van der Waals surface area contributed by atoms with Gasteiger partial charge in [0.2, 0.25) is 5.13 Å². The molecule has 4 rings (SSSR count). The molecule has 120 valence electrons. The van der Waals surface area contributed by atoms with E-state index in [1.165, 1.54) is 35.2 Å². The standard InChI is InChI=1S/C15H10FN5S3/c1-17-14-20-21-15(24-14)23-13-11-10(6-22-12(11)18-7-19-13)8-2-4-9(16)5-3-8/h2-7H,1H3,(H,17,20). The highest BCUT2D eigenvalue weighted by Gasteiger charge is 2.16. The Morgan fingerprint density at radius 3 is 2.71 bits per heavy atom. The third kappa shape index (κ3) is 2.85. The van der Waals surface area contributed by atoms with Crippen molar-refractivity contribution in [3.05, 3.63) is 41.8 Å². The molecule has 0 aliphatic rings. The highest BCUT2D eigenvalue weighted by molar-refractivity contribution is 8.01. The van der Waals surface area contributed by atoms with E-state index < -0.39 is 0 Å². The molecule has 0 unspecified atom stereocenters. The van der Waals surface area contributed by atoms with Crippen molar-refractivity contribution in [1.82, 2.24) is 20.2 Å². The number of nitrogens with one attached hydrogen (secondary N) is 1. The van der Waals surface area contributed by atoms with Gasteiger partial charge >= 0.3 is 0 Å². The summed E-state index contributed by atoms with van der Waals surface area (Å²) in [5, 5.41) is 15.7. The molecule has 0 bridgehead atoms. The Kier molecular flexibility index (Phi) is 4.13. The van der Waals surface area contributed by atoms with Crippen molar-refractivity contribution in [2.24, 2.45) is 0 Å². The lowest BCUT2D eigenvalue weighted by atomic mass is 10.1. The Balaban J connectivity index is 1.80. The lowest BCUT2D eigenvalue weighted by molar-refractivity contribution is 0.628. The Bertz CT molecular complexity index is 996. The summed E-state index contributed by atoms with van der Waals surface area (Å²) in [4.78, 5) is 9.65. The third-order valence-corrected chi connectivity index (χ3v) is 6.18. The van der Waals surface area contributed by atoms with Crippen LogP contribution in [0.5, 0.6) is 0 Å². The van der Waals surface area contributed by atoms with E-state index in [4.69, 9.17) is 0 Å². The van der Waals surface area contributed by atoms with Crippen molar-refractivity contribution in [2.75, 3.05) is 12.4 Å². The zero-order valence-corrected chi connectivity index (χ0v) is 14.8. The molecule has 9 heteroatoms. The predicted octanol–water partition coefficient (Wildman–Crippen LogP) is 4.54. The average Bonchev–Trinajstić information content (AvgIpc) is 3.23. The molecule has 0 fully saturated rings. The molecule has 0 atom stereocenters. The second kappa shape index (κ2) is 6.42. The number of halogens is 1. The largest absolute Gasteiger partial charge is 0.363 e. The number of anilines is 1. The van der Waals surface area contributed by atoms with Crippen LogP contribution >= 0.6 is 34.4 Å².